The van der Waals surface area contributed by atoms with Gasteiger partial charge in [0, 0.05) is 36.4 Å². The van der Waals surface area contributed by atoms with E-state index in [0.717, 1.165) is 31.1 Å². The zero-order valence-electron chi connectivity index (χ0n) is 11.2. The van der Waals surface area contributed by atoms with Crippen molar-refractivity contribution in [2.24, 2.45) is 5.73 Å². The lowest BCUT2D eigenvalue weighted by atomic mass is 10.1. The van der Waals surface area contributed by atoms with Crippen molar-refractivity contribution >= 4 is 17.3 Å². The minimum absolute atomic E-state index is 0.513. The molecule has 0 aromatic heterocycles. The maximum absolute atomic E-state index is 6.14. The van der Waals surface area contributed by atoms with Crippen LogP contribution in [0.25, 0.3) is 0 Å². The first kappa shape index (κ1) is 13.7. The van der Waals surface area contributed by atoms with Gasteiger partial charge in [0.15, 0.2) is 0 Å². The third-order valence-electron chi connectivity index (χ3n) is 3.60. The van der Waals surface area contributed by atoms with Crippen molar-refractivity contribution in [3.8, 4) is 0 Å². The van der Waals surface area contributed by atoms with Crippen LogP contribution in [0.1, 0.15) is 12.5 Å². The highest BCUT2D eigenvalue weighted by molar-refractivity contribution is 6.30. The standard InChI is InChI=1S/C14H22ClN3/c1-11-10-17(2)7-8-18(11)14-9-13(15)4-3-12(14)5-6-16/h3-4,9,11H,5-8,10,16H2,1-2H3. The van der Waals surface area contributed by atoms with Crippen molar-refractivity contribution in [3.05, 3.63) is 28.8 Å². The van der Waals surface area contributed by atoms with Gasteiger partial charge in [-0.1, -0.05) is 17.7 Å². The first-order valence-electron chi connectivity index (χ1n) is 6.55. The Morgan fingerprint density at radius 3 is 2.83 bits per heavy atom. The van der Waals surface area contributed by atoms with E-state index in [1.807, 2.05) is 6.07 Å². The zero-order chi connectivity index (χ0) is 13.1. The second kappa shape index (κ2) is 5.91. The molecule has 0 spiro atoms. The second-order valence-corrected chi connectivity index (χ2v) is 5.55. The van der Waals surface area contributed by atoms with Crippen molar-refractivity contribution in [2.45, 2.75) is 19.4 Å². The quantitative estimate of drug-likeness (QED) is 0.909. The van der Waals surface area contributed by atoms with E-state index in [0.29, 0.717) is 12.6 Å². The topological polar surface area (TPSA) is 32.5 Å². The molecular formula is C14H22ClN3. The van der Waals surface area contributed by atoms with Crippen LogP contribution in [0.3, 0.4) is 0 Å². The summed E-state index contributed by atoms with van der Waals surface area (Å²) < 4.78 is 0. The maximum Gasteiger partial charge on any atom is 0.0426 e. The summed E-state index contributed by atoms with van der Waals surface area (Å²) in [6.45, 7) is 6.18. The summed E-state index contributed by atoms with van der Waals surface area (Å²) >= 11 is 6.14. The lowest BCUT2D eigenvalue weighted by Gasteiger charge is -2.40. The number of hydrogen-bond donors (Lipinski definition) is 1. The monoisotopic (exact) mass is 267 g/mol. The summed E-state index contributed by atoms with van der Waals surface area (Å²) in [6, 6.07) is 6.65. The zero-order valence-corrected chi connectivity index (χ0v) is 12.0. The van der Waals surface area contributed by atoms with E-state index in [1.165, 1.54) is 11.3 Å². The Bertz CT molecular complexity index is 408. The number of nitrogens with two attached hydrogens (primary N) is 1. The van der Waals surface area contributed by atoms with Crippen LogP contribution in [0.5, 0.6) is 0 Å². The van der Waals surface area contributed by atoms with E-state index in [9.17, 15) is 0 Å². The number of likely N-dealkylation sites (N-methyl/N-ethyl adjacent to an activating group) is 1. The molecule has 1 heterocycles. The molecule has 1 atom stereocenters. The van der Waals surface area contributed by atoms with Gasteiger partial charge >= 0.3 is 0 Å². The summed E-state index contributed by atoms with van der Waals surface area (Å²) in [5, 5.41) is 0.803. The van der Waals surface area contributed by atoms with Gasteiger partial charge in [-0.2, -0.15) is 0 Å². The Kier molecular flexibility index (Phi) is 4.49. The highest BCUT2D eigenvalue weighted by Gasteiger charge is 2.23. The van der Waals surface area contributed by atoms with E-state index >= 15 is 0 Å². The number of hydrogen-bond acceptors (Lipinski definition) is 3. The van der Waals surface area contributed by atoms with Crippen LogP contribution >= 0.6 is 11.6 Å². The Hall–Kier alpha value is -0.770. The van der Waals surface area contributed by atoms with E-state index in [1.54, 1.807) is 0 Å². The fraction of sp³-hybridized carbons (Fsp3) is 0.571. The largest absolute Gasteiger partial charge is 0.366 e. The van der Waals surface area contributed by atoms with Crippen LogP contribution in [0, 0.1) is 0 Å². The Morgan fingerprint density at radius 2 is 2.17 bits per heavy atom. The maximum atomic E-state index is 6.14. The smallest absolute Gasteiger partial charge is 0.0426 e. The average Bonchev–Trinajstić information content (AvgIpc) is 2.32. The van der Waals surface area contributed by atoms with Gasteiger partial charge in [-0.05, 0) is 44.6 Å². The lowest BCUT2D eigenvalue weighted by Crippen LogP contribution is -2.50. The SMILES string of the molecule is CC1CN(C)CCN1c1cc(Cl)ccc1CCN. The molecular weight excluding hydrogens is 246 g/mol. The number of piperazine rings is 1. The summed E-state index contributed by atoms with van der Waals surface area (Å²) in [6.07, 6.45) is 0.908. The molecule has 1 aliphatic heterocycles. The number of benzene rings is 1. The Morgan fingerprint density at radius 1 is 1.39 bits per heavy atom. The lowest BCUT2D eigenvalue weighted by molar-refractivity contribution is 0.275. The van der Waals surface area contributed by atoms with Gasteiger partial charge in [0.25, 0.3) is 0 Å². The molecule has 1 unspecified atom stereocenters. The Balaban J connectivity index is 2.28. The molecule has 1 aliphatic rings. The van der Waals surface area contributed by atoms with Crippen LogP contribution in [0.15, 0.2) is 18.2 Å². The van der Waals surface area contributed by atoms with Gasteiger partial charge in [0.1, 0.15) is 0 Å². The molecule has 1 saturated heterocycles. The van der Waals surface area contributed by atoms with Crippen molar-refractivity contribution in [1.82, 2.24) is 4.90 Å². The van der Waals surface area contributed by atoms with Gasteiger partial charge in [0.05, 0.1) is 0 Å². The van der Waals surface area contributed by atoms with Crippen molar-refractivity contribution in [3.63, 3.8) is 0 Å². The van der Waals surface area contributed by atoms with E-state index in [4.69, 9.17) is 17.3 Å². The van der Waals surface area contributed by atoms with Crippen LogP contribution in [0.2, 0.25) is 5.02 Å². The normalized spacial score (nSPS) is 21.3. The minimum atomic E-state index is 0.513. The molecule has 0 bridgehead atoms. The molecule has 0 saturated carbocycles. The average molecular weight is 268 g/mol. The van der Waals surface area contributed by atoms with Gasteiger partial charge in [-0.3, -0.25) is 0 Å². The molecule has 1 aromatic carbocycles. The van der Waals surface area contributed by atoms with Gasteiger partial charge in [-0.15, -0.1) is 0 Å². The minimum Gasteiger partial charge on any atom is -0.366 e. The first-order chi connectivity index (χ1) is 8.61. The van der Waals surface area contributed by atoms with Gasteiger partial charge in [0.2, 0.25) is 0 Å². The van der Waals surface area contributed by atoms with Crippen molar-refractivity contribution < 1.29 is 0 Å². The van der Waals surface area contributed by atoms with Crippen LogP contribution < -0.4 is 10.6 Å². The fourth-order valence-corrected chi connectivity index (χ4v) is 2.84. The van der Waals surface area contributed by atoms with Gasteiger partial charge in [-0.25, -0.2) is 0 Å². The molecule has 0 radical (unpaired) electrons. The third kappa shape index (κ3) is 2.97. The molecule has 3 nitrogen and oxygen atoms in total. The summed E-state index contributed by atoms with van der Waals surface area (Å²) in [7, 11) is 2.17. The fourth-order valence-electron chi connectivity index (χ4n) is 2.67. The molecule has 1 aromatic rings. The first-order valence-corrected chi connectivity index (χ1v) is 6.93. The molecule has 18 heavy (non-hydrogen) atoms. The third-order valence-corrected chi connectivity index (χ3v) is 3.84. The predicted octanol–water partition coefficient (Wildman–Crippen LogP) is 1.98. The van der Waals surface area contributed by atoms with E-state index < -0.39 is 0 Å². The molecule has 2 N–H and O–H groups in total. The molecule has 4 heteroatoms. The summed E-state index contributed by atoms with van der Waals surface area (Å²) in [4.78, 5) is 4.82. The van der Waals surface area contributed by atoms with Crippen LogP contribution in [-0.2, 0) is 6.42 Å². The van der Waals surface area contributed by atoms with Crippen molar-refractivity contribution in [2.75, 3.05) is 38.1 Å². The number of halogens is 1. The highest BCUT2D eigenvalue weighted by atomic mass is 35.5. The van der Waals surface area contributed by atoms with Crippen LogP contribution in [-0.4, -0.2) is 44.2 Å². The predicted molar refractivity (Wildman–Crippen MR) is 78.5 cm³/mol. The summed E-state index contributed by atoms with van der Waals surface area (Å²) in [5.74, 6) is 0. The second-order valence-electron chi connectivity index (χ2n) is 5.12. The molecule has 2 rings (SSSR count). The number of nitrogens with zero attached hydrogens (tertiary/aromatic N) is 2. The summed E-state index contributed by atoms with van der Waals surface area (Å²) in [5.41, 5.74) is 8.26. The van der Waals surface area contributed by atoms with Crippen LogP contribution in [0.4, 0.5) is 5.69 Å². The molecule has 0 aliphatic carbocycles. The van der Waals surface area contributed by atoms with E-state index in [-0.39, 0.29) is 0 Å². The number of rotatable bonds is 3. The number of anilines is 1. The molecule has 1 fully saturated rings. The van der Waals surface area contributed by atoms with Crippen molar-refractivity contribution in [1.29, 1.82) is 0 Å². The molecule has 0 amide bonds. The molecule has 100 valence electrons. The van der Waals surface area contributed by atoms with E-state index in [2.05, 4.69) is 35.9 Å². The highest BCUT2D eigenvalue weighted by Crippen LogP contribution is 2.28. The Labute approximate surface area is 115 Å². The van der Waals surface area contributed by atoms with Gasteiger partial charge < -0.3 is 15.5 Å².